The van der Waals surface area contributed by atoms with Crippen LogP contribution in [-0.2, 0) is 4.79 Å². The number of aromatic amines is 1. The maximum atomic E-state index is 13.7. The fourth-order valence-corrected chi connectivity index (χ4v) is 7.31. The highest BCUT2D eigenvalue weighted by Crippen LogP contribution is 2.36. The van der Waals surface area contributed by atoms with Crippen LogP contribution in [0.3, 0.4) is 0 Å². The molecule has 1 amide bonds. The third-order valence-electron chi connectivity index (χ3n) is 9.22. The predicted octanol–water partition coefficient (Wildman–Crippen LogP) is 5.68. The highest BCUT2D eigenvalue weighted by atomic mass is 32.2. The lowest BCUT2D eigenvalue weighted by Crippen LogP contribution is -2.47. The molecule has 3 aromatic carbocycles. The summed E-state index contributed by atoms with van der Waals surface area (Å²) in [4.78, 5) is 26.7. The molecule has 5 aromatic rings. The minimum absolute atomic E-state index is 0.0523. The number of aliphatic hydroxyl groups is 1. The number of thioether (sulfide) groups is 1. The largest absolute Gasteiger partial charge is 0.377 e. The van der Waals surface area contributed by atoms with Gasteiger partial charge in [-0.3, -0.25) is 19.7 Å². The van der Waals surface area contributed by atoms with Gasteiger partial charge in [-0.05, 0) is 78.8 Å². The third-order valence-corrected chi connectivity index (χ3v) is 10.5. The molecule has 1 saturated heterocycles. The van der Waals surface area contributed by atoms with Crippen molar-refractivity contribution >= 4 is 39.8 Å². The van der Waals surface area contributed by atoms with Crippen LogP contribution >= 0.6 is 11.8 Å². The summed E-state index contributed by atoms with van der Waals surface area (Å²) in [5, 5.41) is 22.6. The van der Waals surface area contributed by atoms with E-state index < -0.39 is 11.0 Å². The smallest absolute Gasteiger partial charge is 0.241 e. The molecule has 1 fully saturated rings. The Kier molecular flexibility index (Phi) is 8.87. The fraction of sp³-hybridized carbons (Fsp3) is 0.278. The first kappa shape index (κ1) is 31.2. The number of fused-ring (bicyclic) bond motifs is 1. The van der Waals surface area contributed by atoms with Crippen molar-refractivity contribution in [2.75, 3.05) is 44.3 Å². The van der Waals surface area contributed by atoms with Crippen LogP contribution in [0.25, 0.3) is 39.1 Å². The number of H-pyrrole nitrogens is 1. The molecular formula is C36H36FN7O2S. The number of rotatable bonds is 9. The Hall–Kier alpha value is -4.42. The first-order chi connectivity index (χ1) is 22.9. The van der Waals surface area contributed by atoms with E-state index in [0.29, 0.717) is 43.3 Å². The Labute approximate surface area is 276 Å². The van der Waals surface area contributed by atoms with Crippen LogP contribution in [0.5, 0.6) is 0 Å². The molecule has 2 aliphatic heterocycles. The molecule has 0 radical (unpaired) electrons. The second-order valence-electron chi connectivity index (χ2n) is 12.1. The Morgan fingerprint density at radius 1 is 1.04 bits per heavy atom. The zero-order valence-corrected chi connectivity index (χ0v) is 26.9. The number of carbonyl (C=O) groups is 1. The van der Waals surface area contributed by atoms with Crippen LogP contribution in [0.1, 0.15) is 18.4 Å². The molecule has 3 N–H and O–H groups in total. The summed E-state index contributed by atoms with van der Waals surface area (Å²) >= 11 is 1.56. The number of halogens is 1. The molecule has 0 saturated carbocycles. The van der Waals surface area contributed by atoms with Gasteiger partial charge in [0.15, 0.2) is 5.82 Å². The molecular weight excluding hydrogens is 614 g/mol. The maximum absolute atomic E-state index is 13.7. The van der Waals surface area contributed by atoms with E-state index in [1.807, 2.05) is 30.5 Å². The predicted molar refractivity (Wildman–Crippen MR) is 185 cm³/mol. The molecule has 11 heteroatoms. The molecule has 1 unspecified atom stereocenters. The molecule has 9 nitrogen and oxygen atoms in total. The highest BCUT2D eigenvalue weighted by Gasteiger charge is 2.44. The number of likely N-dealkylation sites (tertiary alicyclic amines) is 1. The summed E-state index contributed by atoms with van der Waals surface area (Å²) in [6, 6.07) is 22.0. The van der Waals surface area contributed by atoms with Crippen LogP contribution < -0.4 is 5.32 Å². The standard InChI is InChI=1S/C36H36FN7O2S/c1-47-36(35(46)40-29-11-12-31-30(21-29)33(42-41-31)26-7-9-28(37)10-8-26)15-20-43(23-36)22-32(45)44-18-13-25(14-19-44)24-3-5-27(6-4-24)34-38-16-2-17-39-34/h2-13,16-17,21,32,45H,14-15,18-20,22-23H2,1H3,(H,40,46)(H,41,42)/t32?,36-/m0/s1. The van der Waals surface area contributed by atoms with Gasteiger partial charge in [0.1, 0.15) is 16.8 Å². The molecule has 47 heavy (non-hydrogen) atoms. The van der Waals surface area contributed by atoms with Crippen molar-refractivity contribution < 1.29 is 14.3 Å². The summed E-state index contributed by atoms with van der Waals surface area (Å²) in [5.74, 6) is 0.355. The van der Waals surface area contributed by atoms with E-state index in [1.165, 1.54) is 23.3 Å². The van der Waals surface area contributed by atoms with E-state index in [-0.39, 0.29) is 11.7 Å². The second kappa shape index (κ2) is 13.4. The number of benzene rings is 3. The number of anilines is 1. The minimum atomic E-state index is -0.628. The van der Waals surface area contributed by atoms with Crippen LogP contribution in [-0.4, -0.2) is 90.9 Å². The van der Waals surface area contributed by atoms with E-state index in [4.69, 9.17) is 0 Å². The number of carbonyl (C=O) groups excluding carboxylic acids is 1. The van der Waals surface area contributed by atoms with E-state index in [2.05, 4.69) is 65.6 Å². The number of hydrogen-bond donors (Lipinski definition) is 3. The molecule has 0 bridgehead atoms. The van der Waals surface area contributed by atoms with E-state index >= 15 is 0 Å². The number of nitrogens with one attached hydrogen (secondary N) is 2. The third kappa shape index (κ3) is 6.57. The maximum Gasteiger partial charge on any atom is 0.241 e. The molecule has 2 atom stereocenters. The second-order valence-corrected chi connectivity index (χ2v) is 13.3. The topological polar surface area (TPSA) is 110 Å². The van der Waals surface area contributed by atoms with Crippen molar-refractivity contribution in [3.05, 3.63) is 103 Å². The van der Waals surface area contributed by atoms with Gasteiger partial charge in [-0.2, -0.15) is 5.10 Å². The van der Waals surface area contributed by atoms with Gasteiger partial charge < -0.3 is 10.4 Å². The molecule has 2 aliphatic rings. The number of hydrogen-bond acceptors (Lipinski definition) is 8. The van der Waals surface area contributed by atoms with Crippen molar-refractivity contribution in [3.8, 4) is 22.6 Å². The first-order valence-electron chi connectivity index (χ1n) is 15.7. The average molecular weight is 650 g/mol. The Balaban J connectivity index is 0.958. The zero-order chi connectivity index (χ0) is 32.4. The molecule has 2 aromatic heterocycles. The minimum Gasteiger partial charge on any atom is -0.377 e. The molecule has 0 spiro atoms. The number of β-amino-alcohol motifs (C(OH)–C–C–N with tert-alkyl or cyclic N) is 1. The zero-order valence-electron chi connectivity index (χ0n) is 26.1. The van der Waals surface area contributed by atoms with Crippen LogP contribution in [0.15, 0.2) is 91.3 Å². The summed E-state index contributed by atoms with van der Waals surface area (Å²) in [6.45, 7) is 3.19. The van der Waals surface area contributed by atoms with Crippen LogP contribution in [0, 0.1) is 5.82 Å². The van der Waals surface area contributed by atoms with Crippen molar-refractivity contribution in [2.24, 2.45) is 0 Å². The fourth-order valence-electron chi connectivity index (χ4n) is 6.47. The van der Waals surface area contributed by atoms with Crippen molar-refractivity contribution in [2.45, 2.75) is 23.8 Å². The van der Waals surface area contributed by atoms with Crippen molar-refractivity contribution in [3.63, 3.8) is 0 Å². The lowest BCUT2D eigenvalue weighted by molar-refractivity contribution is -0.118. The normalized spacial score (nSPS) is 19.5. The van der Waals surface area contributed by atoms with Gasteiger partial charge in [-0.15, -0.1) is 11.8 Å². The summed E-state index contributed by atoms with van der Waals surface area (Å²) in [7, 11) is 0. The quantitative estimate of drug-likeness (QED) is 0.187. The van der Waals surface area contributed by atoms with Crippen molar-refractivity contribution in [1.82, 2.24) is 30.0 Å². The molecule has 7 rings (SSSR count). The van der Waals surface area contributed by atoms with Gasteiger partial charge in [0, 0.05) is 67.3 Å². The summed E-state index contributed by atoms with van der Waals surface area (Å²) < 4.78 is 12.9. The molecule has 240 valence electrons. The Morgan fingerprint density at radius 3 is 2.51 bits per heavy atom. The monoisotopic (exact) mass is 649 g/mol. The Bertz CT molecular complexity index is 1900. The lowest BCUT2D eigenvalue weighted by Gasteiger charge is -2.33. The van der Waals surface area contributed by atoms with Gasteiger partial charge in [0.25, 0.3) is 0 Å². The van der Waals surface area contributed by atoms with Gasteiger partial charge in [0.05, 0.1) is 11.2 Å². The molecule has 0 aliphatic carbocycles. The molecule has 4 heterocycles. The number of amides is 1. The average Bonchev–Trinajstić information content (AvgIpc) is 3.74. The summed E-state index contributed by atoms with van der Waals surface area (Å²) in [6.07, 6.45) is 8.57. The number of aromatic nitrogens is 4. The lowest BCUT2D eigenvalue weighted by atomic mass is 9.98. The Morgan fingerprint density at radius 2 is 1.79 bits per heavy atom. The van der Waals surface area contributed by atoms with E-state index in [9.17, 15) is 14.3 Å². The van der Waals surface area contributed by atoms with Crippen molar-refractivity contribution in [1.29, 1.82) is 0 Å². The number of aliphatic hydroxyl groups excluding tert-OH is 1. The SMILES string of the molecule is CS[C@@]1(C(=O)Nc2ccc3[nH]nc(-c4ccc(F)cc4)c3c2)CCN(CC(O)N2CC=C(c3ccc(-c4ncccn4)cc3)CC2)C1. The van der Waals surface area contributed by atoms with E-state index in [0.717, 1.165) is 41.5 Å². The first-order valence-corrected chi connectivity index (χ1v) is 17.0. The van der Waals surface area contributed by atoms with Crippen LogP contribution in [0.2, 0.25) is 0 Å². The number of nitrogens with zero attached hydrogens (tertiary/aromatic N) is 5. The summed E-state index contributed by atoms with van der Waals surface area (Å²) in [5.41, 5.74) is 6.43. The van der Waals surface area contributed by atoms with Gasteiger partial charge in [-0.1, -0.05) is 30.3 Å². The van der Waals surface area contributed by atoms with Crippen LogP contribution in [0.4, 0.5) is 10.1 Å². The highest BCUT2D eigenvalue weighted by molar-refractivity contribution is 8.00. The van der Waals surface area contributed by atoms with E-state index in [1.54, 1.807) is 36.3 Å². The van der Waals surface area contributed by atoms with Gasteiger partial charge in [-0.25, -0.2) is 14.4 Å². The van der Waals surface area contributed by atoms with Gasteiger partial charge in [0.2, 0.25) is 5.91 Å². The van der Waals surface area contributed by atoms with Gasteiger partial charge >= 0.3 is 0 Å².